The van der Waals surface area contributed by atoms with E-state index in [0.29, 0.717) is 18.4 Å². The predicted octanol–water partition coefficient (Wildman–Crippen LogP) is 1.64. The van der Waals surface area contributed by atoms with Crippen LogP contribution in [-0.2, 0) is 0 Å². The highest BCUT2D eigenvalue weighted by atomic mass is 16.5. The molecule has 1 saturated heterocycles. The molecule has 6 nitrogen and oxygen atoms in total. The molecule has 0 bridgehead atoms. The molecule has 6 heteroatoms. The van der Waals surface area contributed by atoms with Gasteiger partial charge in [0.2, 0.25) is 5.89 Å². The van der Waals surface area contributed by atoms with Gasteiger partial charge in [0, 0.05) is 38.6 Å². The molecule has 1 N–H and O–H groups in total. The SMILES string of the molecule is CC(C)c1noc([C@H](C)N2CCN(CC(C)(C)O)CC2)n1. The Hall–Kier alpha value is -0.980. The van der Waals surface area contributed by atoms with Gasteiger partial charge in [-0.1, -0.05) is 19.0 Å². The van der Waals surface area contributed by atoms with Crippen molar-refractivity contribution < 1.29 is 9.63 Å². The minimum Gasteiger partial charge on any atom is -0.389 e. The van der Waals surface area contributed by atoms with Crippen LogP contribution in [0.3, 0.4) is 0 Å². The van der Waals surface area contributed by atoms with Gasteiger partial charge in [0.15, 0.2) is 5.82 Å². The first-order chi connectivity index (χ1) is 9.76. The number of β-amino-alcohol motifs (C(OH)–C–C–N with tert-alkyl or cyclic N) is 1. The van der Waals surface area contributed by atoms with E-state index in [1.165, 1.54) is 0 Å². The Bertz CT molecular complexity index is 445. The number of hydrogen-bond acceptors (Lipinski definition) is 6. The van der Waals surface area contributed by atoms with Gasteiger partial charge < -0.3 is 9.63 Å². The standard InChI is InChI=1S/C15H28N4O2/c1-11(2)13-16-14(21-17-13)12(3)19-8-6-18(7-9-19)10-15(4,5)20/h11-12,20H,6-10H2,1-5H3/t12-/m0/s1. The average Bonchev–Trinajstić information content (AvgIpc) is 2.86. The second-order valence-electron chi connectivity index (χ2n) is 6.95. The van der Waals surface area contributed by atoms with Crippen molar-refractivity contribution in [2.24, 2.45) is 0 Å². The third-order valence-electron chi connectivity index (χ3n) is 3.90. The second-order valence-corrected chi connectivity index (χ2v) is 6.95. The number of aromatic nitrogens is 2. The van der Waals surface area contributed by atoms with Gasteiger partial charge in [-0.2, -0.15) is 4.98 Å². The van der Waals surface area contributed by atoms with Crippen LogP contribution in [0, 0.1) is 0 Å². The Morgan fingerprint density at radius 1 is 1.19 bits per heavy atom. The molecule has 0 spiro atoms. The quantitative estimate of drug-likeness (QED) is 0.891. The zero-order valence-electron chi connectivity index (χ0n) is 13.8. The number of aliphatic hydroxyl groups is 1. The summed E-state index contributed by atoms with van der Waals surface area (Å²) >= 11 is 0. The monoisotopic (exact) mass is 296 g/mol. The first-order valence-corrected chi connectivity index (χ1v) is 7.78. The Kier molecular flexibility index (Phi) is 5.01. The summed E-state index contributed by atoms with van der Waals surface area (Å²) < 4.78 is 5.39. The summed E-state index contributed by atoms with van der Waals surface area (Å²) in [6.07, 6.45) is 0. The van der Waals surface area contributed by atoms with Crippen LogP contribution in [0.1, 0.15) is 58.3 Å². The highest BCUT2D eigenvalue weighted by molar-refractivity contribution is 4.96. The lowest BCUT2D eigenvalue weighted by atomic mass is 10.1. The highest BCUT2D eigenvalue weighted by Gasteiger charge is 2.28. The maximum Gasteiger partial charge on any atom is 0.243 e. The topological polar surface area (TPSA) is 65.6 Å². The maximum atomic E-state index is 9.89. The van der Waals surface area contributed by atoms with Gasteiger partial charge >= 0.3 is 0 Å². The lowest BCUT2D eigenvalue weighted by Gasteiger charge is -2.38. The number of hydrogen-bond donors (Lipinski definition) is 1. The zero-order chi connectivity index (χ0) is 15.6. The smallest absolute Gasteiger partial charge is 0.243 e. The third kappa shape index (κ3) is 4.49. The van der Waals surface area contributed by atoms with Crippen LogP contribution >= 0.6 is 0 Å². The van der Waals surface area contributed by atoms with Gasteiger partial charge in [-0.05, 0) is 20.8 Å². The number of rotatable bonds is 5. The predicted molar refractivity (Wildman–Crippen MR) is 81.1 cm³/mol. The normalized spacial score (nSPS) is 20.1. The van der Waals surface area contributed by atoms with E-state index in [-0.39, 0.29) is 6.04 Å². The summed E-state index contributed by atoms with van der Waals surface area (Å²) in [5, 5.41) is 13.9. The van der Waals surface area contributed by atoms with Crippen molar-refractivity contribution in [1.82, 2.24) is 19.9 Å². The molecule has 1 aromatic heterocycles. The lowest BCUT2D eigenvalue weighted by molar-refractivity contribution is 0.00958. The van der Waals surface area contributed by atoms with Gasteiger partial charge in [0.05, 0.1) is 11.6 Å². The van der Waals surface area contributed by atoms with E-state index in [2.05, 4.69) is 40.7 Å². The molecule has 0 aromatic carbocycles. The van der Waals surface area contributed by atoms with Crippen molar-refractivity contribution in [2.45, 2.75) is 52.2 Å². The molecule has 1 aromatic rings. The van der Waals surface area contributed by atoms with E-state index < -0.39 is 5.60 Å². The van der Waals surface area contributed by atoms with Crippen LogP contribution in [0.15, 0.2) is 4.52 Å². The Balaban J connectivity index is 1.89. The van der Waals surface area contributed by atoms with Gasteiger partial charge in [-0.25, -0.2) is 0 Å². The fraction of sp³-hybridized carbons (Fsp3) is 0.867. The lowest BCUT2D eigenvalue weighted by Crippen LogP contribution is -2.50. The molecule has 1 aliphatic rings. The van der Waals surface area contributed by atoms with Crippen LogP contribution < -0.4 is 0 Å². The van der Waals surface area contributed by atoms with Crippen LogP contribution in [0.5, 0.6) is 0 Å². The molecule has 0 saturated carbocycles. The van der Waals surface area contributed by atoms with Gasteiger partial charge in [-0.3, -0.25) is 9.80 Å². The van der Waals surface area contributed by atoms with E-state index in [4.69, 9.17) is 4.52 Å². The van der Waals surface area contributed by atoms with E-state index in [9.17, 15) is 5.11 Å². The number of piperazine rings is 1. The molecule has 1 atom stereocenters. The van der Waals surface area contributed by atoms with Crippen molar-refractivity contribution in [3.05, 3.63) is 11.7 Å². The molecule has 1 aliphatic heterocycles. The minimum atomic E-state index is -0.633. The van der Waals surface area contributed by atoms with Crippen molar-refractivity contribution in [3.63, 3.8) is 0 Å². The molecular weight excluding hydrogens is 268 g/mol. The van der Waals surface area contributed by atoms with E-state index in [1.54, 1.807) is 0 Å². The Labute approximate surface area is 127 Å². The van der Waals surface area contributed by atoms with Crippen molar-refractivity contribution in [1.29, 1.82) is 0 Å². The molecule has 0 radical (unpaired) electrons. The Morgan fingerprint density at radius 3 is 2.29 bits per heavy atom. The molecule has 120 valence electrons. The maximum absolute atomic E-state index is 9.89. The molecule has 0 unspecified atom stereocenters. The van der Waals surface area contributed by atoms with Crippen LogP contribution in [0.25, 0.3) is 0 Å². The van der Waals surface area contributed by atoms with E-state index >= 15 is 0 Å². The molecule has 2 rings (SSSR count). The molecule has 0 aliphatic carbocycles. The summed E-state index contributed by atoms with van der Waals surface area (Å²) in [5.74, 6) is 1.77. The molecule has 2 heterocycles. The van der Waals surface area contributed by atoms with Gasteiger partial charge in [0.1, 0.15) is 0 Å². The first-order valence-electron chi connectivity index (χ1n) is 7.78. The highest BCUT2D eigenvalue weighted by Crippen LogP contribution is 2.22. The second kappa shape index (κ2) is 6.42. The molecule has 0 amide bonds. The summed E-state index contributed by atoms with van der Waals surface area (Å²) in [6, 6.07) is 0.147. The molecule has 1 fully saturated rings. The summed E-state index contributed by atoms with van der Waals surface area (Å²) in [5.41, 5.74) is -0.633. The first kappa shape index (κ1) is 16.4. The Morgan fingerprint density at radius 2 is 1.81 bits per heavy atom. The summed E-state index contributed by atoms with van der Waals surface area (Å²) in [6.45, 7) is 14.5. The summed E-state index contributed by atoms with van der Waals surface area (Å²) in [4.78, 5) is 9.15. The minimum absolute atomic E-state index is 0.147. The van der Waals surface area contributed by atoms with Gasteiger partial charge in [-0.15, -0.1) is 0 Å². The fourth-order valence-electron chi connectivity index (χ4n) is 2.66. The van der Waals surface area contributed by atoms with Gasteiger partial charge in [0.25, 0.3) is 0 Å². The summed E-state index contributed by atoms with van der Waals surface area (Å²) in [7, 11) is 0. The number of nitrogens with zero attached hydrogens (tertiary/aromatic N) is 4. The third-order valence-corrected chi connectivity index (χ3v) is 3.90. The zero-order valence-corrected chi connectivity index (χ0v) is 13.8. The van der Waals surface area contributed by atoms with Crippen molar-refractivity contribution in [3.8, 4) is 0 Å². The fourth-order valence-corrected chi connectivity index (χ4v) is 2.66. The van der Waals surface area contributed by atoms with Crippen LogP contribution in [-0.4, -0.2) is 63.4 Å². The van der Waals surface area contributed by atoms with E-state index in [0.717, 1.165) is 32.0 Å². The van der Waals surface area contributed by atoms with E-state index in [1.807, 2.05) is 13.8 Å². The van der Waals surface area contributed by atoms with Crippen LogP contribution in [0.4, 0.5) is 0 Å². The van der Waals surface area contributed by atoms with Crippen molar-refractivity contribution >= 4 is 0 Å². The molecule has 21 heavy (non-hydrogen) atoms. The largest absolute Gasteiger partial charge is 0.389 e. The van der Waals surface area contributed by atoms with Crippen molar-refractivity contribution in [2.75, 3.05) is 32.7 Å². The molecular formula is C15H28N4O2. The average molecular weight is 296 g/mol. The van der Waals surface area contributed by atoms with Crippen LogP contribution in [0.2, 0.25) is 0 Å².